The second-order valence-corrected chi connectivity index (χ2v) is 39.7. The molecule has 34 heteroatoms. The third-order valence-corrected chi connectivity index (χ3v) is 25.0. The van der Waals surface area contributed by atoms with E-state index in [2.05, 4.69) is 81.0 Å². The van der Waals surface area contributed by atoms with Crippen LogP contribution >= 0.6 is 0 Å². The lowest BCUT2D eigenvalue weighted by Crippen LogP contribution is -2.46. The third kappa shape index (κ3) is 33.6. The van der Waals surface area contributed by atoms with E-state index in [1.807, 2.05) is 58.3 Å². The Kier molecular flexibility index (Phi) is 43.8. The molecule has 13 aliphatic rings. The molecular formula is C110H157N7O27. The number of fused-ring (bicyclic) bond motifs is 2. The molecule has 0 atom stereocenters. The number of amides is 5. The average molecular weight is 2010 g/mol. The first-order valence-corrected chi connectivity index (χ1v) is 50.1. The summed E-state index contributed by atoms with van der Waals surface area (Å²) in [5, 5.41) is 12.0. The van der Waals surface area contributed by atoms with E-state index in [4.69, 9.17) is 110 Å². The van der Waals surface area contributed by atoms with E-state index in [-0.39, 0.29) is 80.9 Å². The molecule has 2 fully saturated rings. The fraction of sp³-hybridized carbons (Fsp3) is 0.573. The van der Waals surface area contributed by atoms with Crippen molar-refractivity contribution in [1.29, 1.82) is 0 Å². The number of rotatable bonds is 22. The number of hydrogen-bond acceptors (Lipinski definition) is 29. The summed E-state index contributed by atoms with van der Waals surface area (Å²) in [4.78, 5) is 68.7. The van der Waals surface area contributed by atoms with Gasteiger partial charge in [0.25, 0.3) is 0 Å². The van der Waals surface area contributed by atoms with Gasteiger partial charge < -0.3 is 130 Å². The van der Waals surface area contributed by atoms with Gasteiger partial charge in [-0.15, -0.1) is 0 Å². The Labute approximate surface area is 850 Å². The number of likely N-dealkylation sites (tertiary alicyclic amines) is 2. The Morgan fingerprint density at radius 3 is 0.951 bits per heavy atom. The summed E-state index contributed by atoms with van der Waals surface area (Å²) in [5.41, 5.74) is 11.8. The van der Waals surface area contributed by atoms with E-state index >= 15 is 0 Å². The van der Waals surface area contributed by atoms with Crippen LogP contribution in [-0.4, -0.2) is 259 Å². The van der Waals surface area contributed by atoms with Crippen LogP contribution in [0.1, 0.15) is 205 Å². The van der Waals surface area contributed by atoms with E-state index in [0.29, 0.717) is 267 Å². The van der Waals surface area contributed by atoms with Gasteiger partial charge in [-0.05, 0) is 235 Å². The van der Waals surface area contributed by atoms with Crippen LogP contribution in [0.3, 0.4) is 0 Å². The van der Waals surface area contributed by atoms with Crippen LogP contribution in [0.15, 0.2) is 103 Å². The fourth-order valence-corrected chi connectivity index (χ4v) is 17.3. The van der Waals surface area contributed by atoms with Crippen molar-refractivity contribution in [2.75, 3.05) is 219 Å². The van der Waals surface area contributed by atoms with Crippen molar-refractivity contribution in [3.63, 3.8) is 0 Å². The molecule has 794 valence electrons. The largest absolute Gasteiger partial charge is 0.493 e. The number of carbonyl (C=O) groups excluding carboxylic acids is 5. The molecule has 2 saturated heterocycles. The van der Waals surface area contributed by atoms with E-state index in [0.717, 1.165) is 48.2 Å². The van der Waals surface area contributed by atoms with E-state index < -0.39 is 34.2 Å². The predicted octanol–water partition coefficient (Wildman–Crippen LogP) is 17.4. The quantitative estimate of drug-likeness (QED) is 0.0393. The summed E-state index contributed by atoms with van der Waals surface area (Å²) in [5.74, 6) is 7.54. The molecule has 0 unspecified atom stereocenters. The topological polar surface area (TPSA) is 369 Å². The lowest BCUT2D eigenvalue weighted by atomic mass is 9.67. The van der Waals surface area contributed by atoms with Gasteiger partial charge >= 0.3 is 12.2 Å². The van der Waals surface area contributed by atoms with Gasteiger partial charge in [-0.2, -0.15) is 0 Å². The number of methoxy groups -OCH3 is 8. The molecular weight excluding hydrogens is 1850 g/mol. The number of hydrogen-bond donors (Lipinski definition) is 5. The smallest absolute Gasteiger partial charge is 0.412 e. The van der Waals surface area contributed by atoms with Gasteiger partial charge in [0.1, 0.15) is 37.6 Å². The zero-order valence-corrected chi connectivity index (χ0v) is 88.5. The summed E-state index contributed by atoms with van der Waals surface area (Å²) in [6.07, 6.45) is 5.91. The number of ether oxygens (including phenoxy) is 22. The van der Waals surface area contributed by atoms with Crippen molar-refractivity contribution in [2.24, 2.45) is 5.73 Å². The number of carbonyl (C=O) groups is 5. The second kappa shape index (κ2) is 55.4. The van der Waals surface area contributed by atoms with Crippen LogP contribution < -0.4 is 103 Å². The maximum Gasteiger partial charge on any atom is 0.412 e. The Balaban J connectivity index is 0.000000371. The minimum Gasteiger partial charge on any atom is -0.493 e. The van der Waals surface area contributed by atoms with Gasteiger partial charge in [-0.25, -0.2) is 9.59 Å². The average Bonchev–Trinajstić information content (AvgIpc) is 0.744. The number of nitrogens with one attached hydrogen (secondary N) is 4. The first-order chi connectivity index (χ1) is 69.0. The van der Waals surface area contributed by atoms with Crippen LogP contribution in [0.4, 0.5) is 21.0 Å². The molecule has 13 heterocycles. The maximum absolute atomic E-state index is 14.1. The van der Waals surface area contributed by atoms with Crippen molar-refractivity contribution in [1.82, 2.24) is 20.4 Å². The first kappa shape index (κ1) is 114. The van der Waals surface area contributed by atoms with Gasteiger partial charge in [-0.3, -0.25) is 25.0 Å². The summed E-state index contributed by atoms with van der Waals surface area (Å²) >= 11 is 0. The van der Waals surface area contributed by atoms with Crippen molar-refractivity contribution in [2.45, 2.75) is 206 Å². The summed E-state index contributed by atoms with van der Waals surface area (Å²) in [6.45, 7) is 33.1. The standard InChI is InChI=1S/C76H107N5O15.C34H50N2O12/c1-73(2,3)52-39-51(40-53(41-52)74(4,5)6)50-78-29-16-15-21-66(82)79-30-23-68(84)81-33-26-76(27-34-81)56-46-62(89-11)71(63(47-56)90-12)95-37-19-17-35-93-69-58(85-7)42-54(43-59(69)86-8)75(24-31-80(32-25-75)67(83)22-28-77)55-44-60(87-9)70(61(45-55)88-10)94-36-18-20-38-96-72-64(91-13)48-57(76)49-65(72)92-14;1-33(2,3)47-31(37)35-25-7-9-27-29(23-25)45-21-17-41-13-14-42-18-22-46-30-24-26(36-32(38)48-34(4,5)6)8-10-28(30)44-20-16-40-12-11-39-15-19-43-27/h39-49,78H,15-38,50,77H2,1-14H3,(H,79,82);7-10,23-24H,11-22H2,1-6H3,(H,35,37)(H,36,38). The van der Waals surface area contributed by atoms with Crippen LogP contribution in [0.5, 0.6) is 92.0 Å². The lowest BCUT2D eigenvalue weighted by molar-refractivity contribution is -0.133. The predicted molar refractivity (Wildman–Crippen MR) is 550 cm³/mol. The molecule has 7 aromatic rings. The Morgan fingerprint density at radius 2 is 0.653 bits per heavy atom. The monoisotopic (exact) mass is 2010 g/mol. The Bertz CT molecular complexity index is 4890. The zero-order chi connectivity index (χ0) is 104. The molecule has 0 radical (unpaired) electrons. The molecule has 8 bridgehead atoms. The number of nitrogens with zero attached hydrogens (tertiary/aromatic N) is 2. The highest BCUT2D eigenvalue weighted by Crippen LogP contribution is 2.55. The van der Waals surface area contributed by atoms with Gasteiger partial charge in [0.15, 0.2) is 69.0 Å². The Hall–Kier alpha value is -12.0. The first-order valence-electron chi connectivity index (χ1n) is 50.1. The number of benzene rings is 7. The highest BCUT2D eigenvalue weighted by Gasteiger charge is 2.44. The second-order valence-electron chi connectivity index (χ2n) is 39.7. The molecule has 0 aromatic heterocycles. The van der Waals surface area contributed by atoms with Crippen LogP contribution in [0.25, 0.3) is 0 Å². The molecule has 7 aromatic carbocycles. The van der Waals surface area contributed by atoms with Crippen LogP contribution in [-0.2, 0) is 71.0 Å². The normalized spacial score (nSPS) is 16.1. The summed E-state index contributed by atoms with van der Waals surface area (Å²) < 4.78 is 132. The fourth-order valence-electron chi connectivity index (χ4n) is 17.3. The third-order valence-electron chi connectivity index (χ3n) is 25.0. The van der Waals surface area contributed by atoms with E-state index in [9.17, 15) is 24.0 Å². The maximum atomic E-state index is 14.1. The SMILES string of the molecule is CC(C)(C)OC(=O)Nc1ccc2c(c1)OCCOCCOCCOc1cc(NC(=O)OC(C)(C)C)ccc1OCCOCCOCCO2.COc1cc2cc(OC)c1OCCCCOc1c(OC)cc(cc1OC)C1(CCN(C(=O)CCNC(=O)CCCCNCc3cc(C(C)(C)C)cc(C(C)(C)C)c3)CC1)c1cc(OC)c(c(OC)c1)OCCCCOc1c(OC)cc(cc1OC)C21CCN(C(=O)CCN)CC1. The minimum absolute atomic E-state index is 0.0181. The molecule has 13 aliphatic heterocycles. The summed E-state index contributed by atoms with van der Waals surface area (Å²) in [7, 11) is 12.9. The molecule has 0 saturated carbocycles. The number of piperidine rings is 2. The van der Waals surface area contributed by atoms with Gasteiger partial charge in [0, 0.05) is 99.4 Å². The number of nitrogens with two attached hydrogens (primary N) is 1. The summed E-state index contributed by atoms with van der Waals surface area (Å²) in [6, 6.07) is 33.1. The highest BCUT2D eigenvalue weighted by atomic mass is 16.6. The molecule has 6 N–H and O–H groups in total. The molecule has 144 heavy (non-hydrogen) atoms. The van der Waals surface area contributed by atoms with Crippen LogP contribution in [0.2, 0.25) is 0 Å². The van der Waals surface area contributed by atoms with Crippen molar-refractivity contribution >= 4 is 41.3 Å². The van der Waals surface area contributed by atoms with Crippen molar-refractivity contribution < 1.29 is 128 Å². The van der Waals surface area contributed by atoms with E-state index in [1.54, 1.807) is 135 Å². The minimum atomic E-state index is -0.720. The zero-order valence-electron chi connectivity index (χ0n) is 88.5. The molecule has 0 aliphatic carbocycles. The van der Waals surface area contributed by atoms with E-state index in [1.165, 1.54) is 16.7 Å². The molecule has 34 nitrogen and oxygen atoms in total. The van der Waals surface area contributed by atoms with Gasteiger partial charge in [-0.1, -0.05) is 59.7 Å². The van der Waals surface area contributed by atoms with Gasteiger partial charge in [0.2, 0.25) is 40.7 Å². The number of unbranched alkanes of at least 4 members (excludes halogenated alkanes) is 1. The molecule has 5 amide bonds. The van der Waals surface area contributed by atoms with Crippen molar-refractivity contribution in [3.05, 3.63) is 142 Å². The van der Waals surface area contributed by atoms with Gasteiger partial charge in [0.05, 0.1) is 136 Å². The lowest BCUT2D eigenvalue weighted by Gasteiger charge is -2.43. The van der Waals surface area contributed by atoms with Crippen molar-refractivity contribution in [3.8, 4) is 92.0 Å². The molecule has 2 spiro atoms. The Morgan fingerprint density at radius 1 is 0.347 bits per heavy atom. The number of anilines is 2. The molecule has 20 rings (SSSR count). The van der Waals surface area contributed by atoms with Crippen LogP contribution in [0, 0.1) is 0 Å². The highest BCUT2D eigenvalue weighted by molar-refractivity contribution is 5.86.